The van der Waals surface area contributed by atoms with E-state index in [-0.39, 0.29) is 12.1 Å². The summed E-state index contributed by atoms with van der Waals surface area (Å²) in [5.41, 5.74) is 8.90. The zero-order valence-corrected chi connectivity index (χ0v) is 22.9. The van der Waals surface area contributed by atoms with Crippen molar-refractivity contribution in [3.8, 4) is 17.2 Å². The van der Waals surface area contributed by atoms with Crippen LogP contribution in [0.15, 0.2) is 66.9 Å². The molecule has 1 N–H and O–H groups in total. The van der Waals surface area contributed by atoms with Gasteiger partial charge in [-0.05, 0) is 99.1 Å². The van der Waals surface area contributed by atoms with Gasteiger partial charge in [0.2, 0.25) is 0 Å². The van der Waals surface area contributed by atoms with Gasteiger partial charge in [-0.25, -0.2) is 0 Å². The molecule has 0 bridgehead atoms. The quantitative estimate of drug-likeness (QED) is 0.306. The number of rotatable bonds is 6. The van der Waals surface area contributed by atoms with Crippen LogP contribution in [0.1, 0.15) is 45.9 Å². The van der Waals surface area contributed by atoms with Crippen LogP contribution in [0.2, 0.25) is 0 Å². The molecule has 3 heterocycles. The highest BCUT2D eigenvalue weighted by molar-refractivity contribution is 7.80. The number of thiocarbonyl (C=S) groups is 1. The SMILES string of the molecule is COc1ccc(OC)c(N2C(=S)N[C@@H](c3ccccn3)[C@H]2c2cc(C)n(-c3cc(C)cc(C)c3)c2C)c1. The Hall–Kier alpha value is -3.84. The Labute approximate surface area is 223 Å². The lowest BCUT2D eigenvalue weighted by molar-refractivity contribution is 0.403. The second-order valence-electron chi connectivity index (χ2n) is 9.54. The summed E-state index contributed by atoms with van der Waals surface area (Å²) in [4.78, 5) is 6.85. The number of ether oxygens (including phenoxy) is 2. The highest BCUT2D eigenvalue weighted by Crippen LogP contribution is 2.47. The first-order chi connectivity index (χ1) is 17.8. The minimum Gasteiger partial charge on any atom is -0.497 e. The Morgan fingerprint density at radius 1 is 0.892 bits per heavy atom. The fourth-order valence-electron chi connectivity index (χ4n) is 5.48. The van der Waals surface area contributed by atoms with Crippen LogP contribution in [0.3, 0.4) is 0 Å². The summed E-state index contributed by atoms with van der Waals surface area (Å²) in [6, 6.07) is 20.4. The number of hydrogen-bond acceptors (Lipinski definition) is 4. The van der Waals surface area contributed by atoms with Crippen LogP contribution >= 0.6 is 12.2 Å². The third-order valence-corrected chi connectivity index (χ3v) is 7.31. The molecule has 7 heteroatoms. The molecule has 0 spiro atoms. The minimum absolute atomic E-state index is 0.155. The second kappa shape index (κ2) is 9.90. The molecule has 2 aromatic heterocycles. The van der Waals surface area contributed by atoms with Crippen molar-refractivity contribution < 1.29 is 9.47 Å². The van der Waals surface area contributed by atoms with Crippen molar-refractivity contribution in [2.75, 3.05) is 19.1 Å². The smallest absolute Gasteiger partial charge is 0.174 e. The molecule has 2 aromatic carbocycles. The standard InChI is InChI=1S/C30H32N4O2S/c1-18-13-19(2)15-22(14-18)33-20(3)16-24(21(33)4)29-28(25-9-7-8-12-31-25)32-30(37)34(29)26-17-23(35-5)10-11-27(26)36-6/h7-17,28-29H,1-6H3,(H,32,37)/t28-,29+/m0/s1. The summed E-state index contributed by atoms with van der Waals surface area (Å²) < 4.78 is 13.7. The predicted octanol–water partition coefficient (Wildman–Crippen LogP) is 6.30. The van der Waals surface area contributed by atoms with Crippen molar-refractivity contribution in [2.24, 2.45) is 0 Å². The Morgan fingerprint density at radius 2 is 1.65 bits per heavy atom. The van der Waals surface area contributed by atoms with Gasteiger partial charge in [-0.2, -0.15) is 0 Å². The monoisotopic (exact) mass is 512 g/mol. The van der Waals surface area contributed by atoms with Gasteiger partial charge in [0.05, 0.1) is 37.7 Å². The molecule has 1 fully saturated rings. The van der Waals surface area contributed by atoms with Gasteiger partial charge in [-0.1, -0.05) is 12.1 Å². The largest absolute Gasteiger partial charge is 0.497 e. The normalized spacial score (nSPS) is 17.1. The van der Waals surface area contributed by atoms with E-state index in [1.165, 1.54) is 16.7 Å². The number of nitrogens with zero attached hydrogens (tertiary/aromatic N) is 3. The fourth-order valence-corrected chi connectivity index (χ4v) is 5.82. The highest BCUT2D eigenvalue weighted by Gasteiger charge is 2.43. The van der Waals surface area contributed by atoms with Crippen molar-refractivity contribution in [1.29, 1.82) is 0 Å². The molecule has 0 saturated carbocycles. The Balaban J connectivity index is 1.73. The number of aromatic nitrogens is 2. The topological polar surface area (TPSA) is 51.6 Å². The molecule has 6 nitrogen and oxygen atoms in total. The number of methoxy groups -OCH3 is 2. The molecular formula is C30H32N4O2S. The number of benzene rings is 2. The first-order valence-corrected chi connectivity index (χ1v) is 12.7. The van der Waals surface area contributed by atoms with Crippen LogP contribution in [-0.4, -0.2) is 28.9 Å². The van der Waals surface area contributed by atoms with E-state index in [2.05, 4.69) is 66.7 Å². The molecule has 1 aliphatic heterocycles. The van der Waals surface area contributed by atoms with E-state index in [1.54, 1.807) is 14.2 Å². The van der Waals surface area contributed by atoms with E-state index in [0.29, 0.717) is 5.11 Å². The maximum atomic E-state index is 5.96. The Morgan fingerprint density at radius 3 is 2.30 bits per heavy atom. The molecule has 5 rings (SSSR count). The molecule has 0 radical (unpaired) electrons. The average molecular weight is 513 g/mol. The number of nitrogens with one attached hydrogen (secondary N) is 1. The molecule has 1 saturated heterocycles. The van der Waals surface area contributed by atoms with Crippen LogP contribution in [0.5, 0.6) is 11.5 Å². The molecule has 0 aliphatic carbocycles. The van der Waals surface area contributed by atoms with Crippen molar-refractivity contribution in [2.45, 2.75) is 39.8 Å². The van der Waals surface area contributed by atoms with Crippen molar-refractivity contribution in [3.05, 3.63) is 101 Å². The lowest BCUT2D eigenvalue weighted by Crippen LogP contribution is -2.30. The zero-order valence-electron chi connectivity index (χ0n) is 22.1. The van der Waals surface area contributed by atoms with Crippen LogP contribution in [0, 0.1) is 27.7 Å². The van der Waals surface area contributed by atoms with Gasteiger partial charge >= 0.3 is 0 Å². The second-order valence-corrected chi connectivity index (χ2v) is 9.93. The van der Waals surface area contributed by atoms with Gasteiger partial charge < -0.3 is 24.3 Å². The van der Waals surface area contributed by atoms with Crippen molar-refractivity contribution in [1.82, 2.24) is 14.9 Å². The molecule has 0 amide bonds. The first-order valence-electron chi connectivity index (χ1n) is 12.3. The van der Waals surface area contributed by atoms with Gasteiger partial charge in [0.25, 0.3) is 0 Å². The van der Waals surface area contributed by atoms with Crippen LogP contribution in [-0.2, 0) is 0 Å². The van der Waals surface area contributed by atoms with E-state index in [1.807, 2.05) is 42.6 Å². The molecule has 1 aliphatic rings. The van der Waals surface area contributed by atoms with E-state index >= 15 is 0 Å². The third-order valence-electron chi connectivity index (χ3n) is 7.00. The van der Waals surface area contributed by atoms with E-state index in [4.69, 9.17) is 26.7 Å². The summed E-state index contributed by atoms with van der Waals surface area (Å²) in [5, 5.41) is 4.17. The summed E-state index contributed by atoms with van der Waals surface area (Å²) in [5.74, 6) is 1.46. The average Bonchev–Trinajstić information content (AvgIpc) is 3.38. The van der Waals surface area contributed by atoms with Crippen LogP contribution < -0.4 is 19.7 Å². The third kappa shape index (κ3) is 4.44. The van der Waals surface area contributed by atoms with E-state index in [0.717, 1.165) is 40.0 Å². The van der Waals surface area contributed by atoms with Crippen molar-refractivity contribution in [3.63, 3.8) is 0 Å². The lowest BCUT2D eigenvalue weighted by Gasteiger charge is -2.29. The predicted molar refractivity (Wildman–Crippen MR) is 152 cm³/mol. The molecular weight excluding hydrogens is 480 g/mol. The van der Waals surface area contributed by atoms with E-state index < -0.39 is 0 Å². The maximum Gasteiger partial charge on any atom is 0.174 e. The number of aryl methyl sites for hydroxylation is 3. The van der Waals surface area contributed by atoms with Crippen molar-refractivity contribution >= 4 is 23.0 Å². The zero-order chi connectivity index (χ0) is 26.3. The fraction of sp³-hybridized carbons (Fsp3) is 0.267. The van der Waals surface area contributed by atoms with Gasteiger partial charge in [-0.3, -0.25) is 4.98 Å². The summed E-state index contributed by atoms with van der Waals surface area (Å²) in [6.07, 6.45) is 1.82. The van der Waals surface area contributed by atoms with Gasteiger partial charge in [-0.15, -0.1) is 0 Å². The van der Waals surface area contributed by atoms with E-state index in [9.17, 15) is 0 Å². The van der Waals surface area contributed by atoms with Gasteiger partial charge in [0.1, 0.15) is 11.5 Å². The number of anilines is 1. The summed E-state index contributed by atoms with van der Waals surface area (Å²) in [6.45, 7) is 8.61. The first kappa shape index (κ1) is 24.8. The Kier molecular flexibility index (Phi) is 6.65. The number of pyridine rings is 1. The molecule has 2 atom stereocenters. The Bertz CT molecular complexity index is 1440. The maximum absolute atomic E-state index is 5.96. The summed E-state index contributed by atoms with van der Waals surface area (Å²) >= 11 is 5.96. The molecule has 190 valence electrons. The lowest BCUT2D eigenvalue weighted by atomic mass is 9.96. The van der Waals surface area contributed by atoms with Crippen LogP contribution in [0.4, 0.5) is 5.69 Å². The summed E-state index contributed by atoms with van der Waals surface area (Å²) in [7, 11) is 3.34. The number of hydrogen-bond donors (Lipinski definition) is 1. The molecule has 0 unspecified atom stereocenters. The van der Waals surface area contributed by atoms with Gasteiger partial charge in [0.15, 0.2) is 5.11 Å². The van der Waals surface area contributed by atoms with Crippen LogP contribution in [0.25, 0.3) is 5.69 Å². The molecule has 4 aromatic rings. The van der Waals surface area contributed by atoms with Gasteiger partial charge in [0, 0.05) is 29.3 Å². The highest BCUT2D eigenvalue weighted by atomic mass is 32.1. The molecule has 37 heavy (non-hydrogen) atoms. The minimum atomic E-state index is -0.158.